The van der Waals surface area contributed by atoms with Gasteiger partial charge in [-0.25, -0.2) is 0 Å². The second-order valence-electron chi connectivity index (χ2n) is 6.71. The van der Waals surface area contributed by atoms with Gasteiger partial charge in [0, 0.05) is 16.6 Å². The molecule has 27 heavy (non-hydrogen) atoms. The maximum Gasteiger partial charge on any atom is 0.243 e. The molecule has 2 amide bonds. The Bertz CT molecular complexity index is 988. The highest BCUT2D eigenvalue weighted by Crippen LogP contribution is 2.25. The third-order valence-electron chi connectivity index (χ3n) is 4.74. The molecular formula is C22H24N2O3. The predicted molar refractivity (Wildman–Crippen MR) is 107 cm³/mol. The maximum atomic E-state index is 12.3. The monoisotopic (exact) mass is 364 g/mol. The van der Waals surface area contributed by atoms with Crippen LogP contribution in [0, 0.1) is 13.8 Å². The van der Waals surface area contributed by atoms with E-state index in [1.54, 1.807) is 6.26 Å². The number of furan rings is 1. The molecule has 5 heteroatoms. The van der Waals surface area contributed by atoms with Crippen molar-refractivity contribution < 1.29 is 14.0 Å². The first-order chi connectivity index (χ1) is 13.0. The maximum absolute atomic E-state index is 12.3. The summed E-state index contributed by atoms with van der Waals surface area (Å²) in [6.45, 7) is 6.03. The Morgan fingerprint density at radius 1 is 1.00 bits per heavy atom. The highest BCUT2D eigenvalue weighted by molar-refractivity contribution is 5.96. The summed E-state index contributed by atoms with van der Waals surface area (Å²) in [7, 11) is 0. The van der Waals surface area contributed by atoms with E-state index in [0.717, 1.165) is 45.3 Å². The van der Waals surface area contributed by atoms with Gasteiger partial charge in [-0.3, -0.25) is 9.59 Å². The number of carbonyl (C=O) groups excluding carboxylic acids is 2. The third kappa shape index (κ3) is 4.37. The van der Waals surface area contributed by atoms with E-state index in [1.165, 1.54) is 0 Å². The largest absolute Gasteiger partial charge is 0.464 e. The lowest BCUT2D eigenvalue weighted by molar-refractivity contribution is -0.123. The molecule has 0 aliphatic carbocycles. The number of rotatable bonds is 6. The van der Waals surface area contributed by atoms with Crippen molar-refractivity contribution in [2.24, 2.45) is 0 Å². The fourth-order valence-electron chi connectivity index (χ4n) is 3.03. The number of para-hydroxylation sites is 1. The molecule has 0 saturated heterocycles. The minimum atomic E-state index is -0.243. The van der Waals surface area contributed by atoms with Crippen molar-refractivity contribution in [3.8, 4) is 0 Å². The molecule has 3 aromatic rings. The summed E-state index contributed by atoms with van der Waals surface area (Å²) in [5, 5.41) is 6.46. The van der Waals surface area contributed by atoms with Gasteiger partial charge in [0.1, 0.15) is 5.58 Å². The van der Waals surface area contributed by atoms with Crippen LogP contribution in [0.1, 0.15) is 29.2 Å². The summed E-state index contributed by atoms with van der Waals surface area (Å²) >= 11 is 0. The summed E-state index contributed by atoms with van der Waals surface area (Å²) in [4.78, 5) is 24.4. The molecule has 140 valence electrons. The summed E-state index contributed by atoms with van der Waals surface area (Å²) in [5.41, 5.74) is 5.74. The van der Waals surface area contributed by atoms with Crippen molar-refractivity contribution >= 4 is 28.5 Å². The molecule has 0 fully saturated rings. The number of fused-ring (bicyclic) bond motifs is 1. The van der Waals surface area contributed by atoms with Crippen LogP contribution in [-0.4, -0.2) is 18.4 Å². The molecule has 0 bridgehead atoms. The molecule has 0 radical (unpaired) electrons. The zero-order valence-electron chi connectivity index (χ0n) is 15.9. The molecule has 2 aromatic carbocycles. The van der Waals surface area contributed by atoms with Crippen LogP contribution in [0.5, 0.6) is 0 Å². The van der Waals surface area contributed by atoms with Crippen molar-refractivity contribution in [3.05, 3.63) is 64.9 Å². The zero-order valence-corrected chi connectivity index (χ0v) is 15.9. The van der Waals surface area contributed by atoms with E-state index in [9.17, 15) is 9.59 Å². The fraction of sp³-hybridized carbons (Fsp3) is 0.273. The van der Waals surface area contributed by atoms with Crippen molar-refractivity contribution in [2.75, 3.05) is 11.9 Å². The molecule has 5 nitrogen and oxygen atoms in total. The topological polar surface area (TPSA) is 71.3 Å². The van der Waals surface area contributed by atoms with E-state index in [0.29, 0.717) is 0 Å². The second-order valence-corrected chi connectivity index (χ2v) is 6.71. The summed E-state index contributed by atoms with van der Waals surface area (Å²) in [5.74, 6) is -0.456. The van der Waals surface area contributed by atoms with Gasteiger partial charge in [-0.15, -0.1) is 0 Å². The van der Waals surface area contributed by atoms with Gasteiger partial charge in [-0.05, 0) is 55.2 Å². The van der Waals surface area contributed by atoms with E-state index in [4.69, 9.17) is 4.42 Å². The van der Waals surface area contributed by atoms with Gasteiger partial charge in [0.25, 0.3) is 0 Å². The van der Waals surface area contributed by atoms with E-state index in [1.807, 2.05) is 57.2 Å². The number of hydrogen-bond donors (Lipinski definition) is 2. The number of carbonyl (C=O) groups is 2. The van der Waals surface area contributed by atoms with Gasteiger partial charge in [-0.2, -0.15) is 0 Å². The van der Waals surface area contributed by atoms with Gasteiger partial charge in [0.2, 0.25) is 11.8 Å². The van der Waals surface area contributed by atoms with Crippen molar-refractivity contribution in [2.45, 2.75) is 33.6 Å². The van der Waals surface area contributed by atoms with Gasteiger partial charge in [-0.1, -0.05) is 25.1 Å². The summed E-state index contributed by atoms with van der Waals surface area (Å²) in [6, 6.07) is 11.7. The van der Waals surface area contributed by atoms with Crippen LogP contribution >= 0.6 is 0 Å². The Morgan fingerprint density at radius 2 is 1.74 bits per heavy atom. The van der Waals surface area contributed by atoms with Crippen molar-refractivity contribution in [1.82, 2.24) is 5.32 Å². The van der Waals surface area contributed by atoms with Crippen LogP contribution in [0.3, 0.4) is 0 Å². The zero-order chi connectivity index (χ0) is 19.4. The molecule has 0 aliphatic rings. The number of anilines is 1. The number of nitrogens with one attached hydrogen (secondary N) is 2. The quantitative estimate of drug-likeness (QED) is 0.697. The van der Waals surface area contributed by atoms with Crippen LogP contribution in [0.15, 0.2) is 47.1 Å². The van der Waals surface area contributed by atoms with E-state index < -0.39 is 0 Å². The number of aryl methyl sites for hydroxylation is 3. The van der Waals surface area contributed by atoms with Gasteiger partial charge in [0.15, 0.2) is 0 Å². The molecule has 0 unspecified atom stereocenters. The lowest BCUT2D eigenvalue weighted by Gasteiger charge is -2.10. The van der Waals surface area contributed by atoms with E-state index in [2.05, 4.69) is 10.6 Å². The lowest BCUT2D eigenvalue weighted by atomic mass is 10.0. The predicted octanol–water partition coefficient (Wildman–Crippen LogP) is 3.91. The van der Waals surface area contributed by atoms with Crippen LogP contribution in [-0.2, 0) is 22.4 Å². The molecule has 1 aromatic heterocycles. The normalized spacial score (nSPS) is 10.8. The first-order valence-electron chi connectivity index (χ1n) is 9.09. The van der Waals surface area contributed by atoms with Crippen LogP contribution < -0.4 is 10.6 Å². The lowest BCUT2D eigenvalue weighted by Crippen LogP contribution is -2.33. The number of benzene rings is 2. The minimum Gasteiger partial charge on any atom is -0.464 e. The Hall–Kier alpha value is -3.08. The third-order valence-corrected chi connectivity index (χ3v) is 4.74. The fourth-order valence-corrected chi connectivity index (χ4v) is 3.03. The molecular weight excluding hydrogens is 340 g/mol. The molecule has 0 atom stereocenters. The summed E-state index contributed by atoms with van der Waals surface area (Å²) < 4.78 is 5.56. The number of hydrogen-bond acceptors (Lipinski definition) is 3. The van der Waals surface area contributed by atoms with Gasteiger partial charge in [0.05, 0.1) is 19.2 Å². The Labute approximate surface area is 158 Å². The molecule has 0 spiro atoms. The molecule has 1 heterocycles. The van der Waals surface area contributed by atoms with Crippen LogP contribution in [0.4, 0.5) is 5.69 Å². The summed E-state index contributed by atoms with van der Waals surface area (Å²) in [6.07, 6.45) is 2.62. The van der Waals surface area contributed by atoms with Gasteiger partial charge < -0.3 is 15.1 Å². The Balaban J connectivity index is 1.58. The Morgan fingerprint density at radius 3 is 2.52 bits per heavy atom. The molecule has 2 N–H and O–H groups in total. The SMILES string of the molecule is CCc1ccccc1NC(=O)CNC(=O)Cc1coc2cc(C)c(C)cc12. The molecule has 0 saturated carbocycles. The first-order valence-corrected chi connectivity index (χ1v) is 9.09. The van der Waals surface area contributed by atoms with Crippen LogP contribution in [0.2, 0.25) is 0 Å². The standard InChI is InChI=1S/C22H24N2O3/c1-4-16-7-5-6-8-19(16)24-22(26)12-23-21(25)11-17-13-27-20-10-15(3)14(2)9-18(17)20/h5-10,13H,4,11-12H2,1-3H3,(H,23,25)(H,24,26). The van der Waals surface area contributed by atoms with Crippen LogP contribution in [0.25, 0.3) is 11.0 Å². The highest BCUT2D eigenvalue weighted by Gasteiger charge is 2.13. The number of amides is 2. The minimum absolute atomic E-state index is 0.0647. The molecule has 0 aliphatic heterocycles. The average Bonchev–Trinajstić information content (AvgIpc) is 3.02. The molecule has 3 rings (SSSR count). The average molecular weight is 364 g/mol. The van der Waals surface area contributed by atoms with Gasteiger partial charge >= 0.3 is 0 Å². The smallest absolute Gasteiger partial charge is 0.243 e. The van der Waals surface area contributed by atoms with E-state index in [-0.39, 0.29) is 24.8 Å². The second kappa shape index (κ2) is 8.08. The van der Waals surface area contributed by atoms with Crippen molar-refractivity contribution in [1.29, 1.82) is 0 Å². The first kappa shape index (κ1) is 18.7. The highest BCUT2D eigenvalue weighted by atomic mass is 16.3. The van der Waals surface area contributed by atoms with E-state index >= 15 is 0 Å². The van der Waals surface area contributed by atoms with Crippen molar-refractivity contribution in [3.63, 3.8) is 0 Å². The Kier molecular flexibility index (Phi) is 5.60.